The molecule has 1 aromatic carbocycles. The van der Waals surface area contributed by atoms with E-state index in [-0.39, 0.29) is 17.2 Å². The first kappa shape index (κ1) is 17.4. The number of fused-ring (bicyclic) bond motifs is 1. The first-order valence-electron chi connectivity index (χ1n) is 9.25. The summed E-state index contributed by atoms with van der Waals surface area (Å²) < 4.78 is 1.89. The summed E-state index contributed by atoms with van der Waals surface area (Å²) in [4.78, 5) is 29.1. The second kappa shape index (κ2) is 6.31. The molecule has 6 heteroatoms. The van der Waals surface area contributed by atoms with E-state index < -0.39 is 0 Å². The third-order valence-electron chi connectivity index (χ3n) is 6.12. The predicted octanol–water partition coefficient (Wildman–Crippen LogP) is 3.31. The Morgan fingerprint density at radius 3 is 2.62 bits per heavy atom. The highest BCUT2D eigenvalue weighted by atomic mass is 35.5. The minimum Gasteiger partial charge on any atom is -0.342 e. The van der Waals surface area contributed by atoms with Gasteiger partial charge in [0.05, 0.1) is 10.5 Å². The van der Waals surface area contributed by atoms with E-state index in [0.717, 1.165) is 36.8 Å². The van der Waals surface area contributed by atoms with Gasteiger partial charge in [0, 0.05) is 50.4 Å². The molecule has 2 fully saturated rings. The monoisotopic (exact) mass is 373 g/mol. The van der Waals surface area contributed by atoms with Crippen molar-refractivity contribution in [3.8, 4) is 0 Å². The van der Waals surface area contributed by atoms with Crippen LogP contribution >= 0.6 is 11.6 Å². The fraction of sp³-hybridized carbons (Fsp3) is 0.500. The van der Waals surface area contributed by atoms with Crippen LogP contribution in [0.3, 0.4) is 0 Å². The van der Waals surface area contributed by atoms with E-state index >= 15 is 0 Å². The summed E-state index contributed by atoms with van der Waals surface area (Å²) in [5, 5.41) is 1.64. The zero-order chi connectivity index (χ0) is 18.5. The molecule has 138 valence electrons. The van der Waals surface area contributed by atoms with Gasteiger partial charge in [0.2, 0.25) is 5.91 Å². The van der Waals surface area contributed by atoms with Gasteiger partial charge in [0.25, 0.3) is 5.91 Å². The van der Waals surface area contributed by atoms with Crippen molar-refractivity contribution in [2.24, 2.45) is 12.5 Å². The van der Waals surface area contributed by atoms with Crippen LogP contribution in [-0.4, -0.2) is 52.4 Å². The lowest BCUT2D eigenvalue weighted by Crippen LogP contribution is -2.44. The molecule has 3 heterocycles. The molecular formula is C20H24ClN3O2. The number of aromatic nitrogens is 1. The summed E-state index contributed by atoms with van der Waals surface area (Å²) in [6.45, 7) is 5.06. The fourth-order valence-electron chi connectivity index (χ4n) is 4.52. The number of nitrogens with zero attached hydrogens (tertiary/aromatic N) is 3. The highest BCUT2D eigenvalue weighted by molar-refractivity contribution is 6.35. The van der Waals surface area contributed by atoms with E-state index in [2.05, 4.69) is 0 Å². The number of carbonyl (C=O) groups excluding carboxylic acids is 2. The molecule has 0 aliphatic carbocycles. The van der Waals surface area contributed by atoms with Crippen molar-refractivity contribution in [2.45, 2.75) is 26.2 Å². The Balaban J connectivity index is 1.52. The number of rotatable bonds is 2. The normalized spacial score (nSPS) is 19.7. The summed E-state index contributed by atoms with van der Waals surface area (Å²) in [5.74, 6) is 0.307. The van der Waals surface area contributed by atoms with Crippen molar-refractivity contribution in [1.29, 1.82) is 0 Å². The van der Waals surface area contributed by atoms with Gasteiger partial charge in [-0.1, -0.05) is 23.7 Å². The van der Waals surface area contributed by atoms with Crippen LogP contribution in [0.15, 0.2) is 24.3 Å². The average Bonchev–Trinajstić information content (AvgIpc) is 3.13. The van der Waals surface area contributed by atoms with Gasteiger partial charge in [-0.3, -0.25) is 9.59 Å². The van der Waals surface area contributed by atoms with E-state index in [1.165, 1.54) is 0 Å². The highest BCUT2D eigenvalue weighted by Gasteiger charge is 2.45. The summed E-state index contributed by atoms with van der Waals surface area (Å²) in [6, 6.07) is 7.65. The third-order valence-corrected chi connectivity index (χ3v) is 6.43. The summed E-state index contributed by atoms with van der Waals surface area (Å²) in [7, 11) is 1.89. The maximum atomic E-state index is 13.1. The van der Waals surface area contributed by atoms with Crippen LogP contribution in [0.25, 0.3) is 10.9 Å². The van der Waals surface area contributed by atoms with Crippen LogP contribution < -0.4 is 0 Å². The molecule has 4 rings (SSSR count). The SMILES string of the molecule is CCN1CC2(CCN(C(=O)c3cc4cccc(Cl)c4n3C)CC2)CC1=O. The van der Waals surface area contributed by atoms with E-state index in [9.17, 15) is 9.59 Å². The number of piperidine rings is 1. The summed E-state index contributed by atoms with van der Waals surface area (Å²) in [6.07, 6.45) is 2.42. The number of amides is 2. The first-order chi connectivity index (χ1) is 12.4. The lowest BCUT2D eigenvalue weighted by atomic mass is 9.77. The molecule has 1 spiro atoms. The maximum Gasteiger partial charge on any atom is 0.270 e. The zero-order valence-corrected chi connectivity index (χ0v) is 16.1. The van der Waals surface area contributed by atoms with Crippen molar-refractivity contribution in [2.75, 3.05) is 26.2 Å². The van der Waals surface area contributed by atoms with Crippen molar-refractivity contribution in [3.63, 3.8) is 0 Å². The Morgan fingerprint density at radius 1 is 1.27 bits per heavy atom. The number of aryl methyl sites for hydroxylation is 1. The van der Waals surface area contributed by atoms with Crippen molar-refractivity contribution < 1.29 is 9.59 Å². The molecule has 5 nitrogen and oxygen atoms in total. The first-order valence-corrected chi connectivity index (χ1v) is 9.63. The molecule has 2 aliphatic rings. The smallest absolute Gasteiger partial charge is 0.270 e. The van der Waals surface area contributed by atoms with E-state index in [1.807, 2.05) is 52.6 Å². The molecule has 1 aromatic heterocycles. The Bertz CT molecular complexity index is 881. The van der Waals surface area contributed by atoms with Crippen molar-refractivity contribution in [1.82, 2.24) is 14.4 Å². The molecule has 0 saturated carbocycles. The molecule has 0 bridgehead atoms. The molecule has 0 atom stereocenters. The topological polar surface area (TPSA) is 45.5 Å². The number of benzene rings is 1. The number of carbonyl (C=O) groups is 2. The molecular weight excluding hydrogens is 350 g/mol. The van der Waals surface area contributed by atoms with E-state index in [4.69, 9.17) is 11.6 Å². The Labute approximate surface area is 158 Å². The largest absolute Gasteiger partial charge is 0.342 e. The van der Waals surface area contributed by atoms with Gasteiger partial charge in [0.1, 0.15) is 5.69 Å². The van der Waals surface area contributed by atoms with E-state index in [0.29, 0.717) is 30.2 Å². The minimum atomic E-state index is 0.0475. The van der Waals surface area contributed by atoms with Crippen molar-refractivity contribution >= 4 is 34.3 Å². The third kappa shape index (κ3) is 2.69. The molecule has 2 amide bonds. The average molecular weight is 374 g/mol. The van der Waals surface area contributed by atoms with Gasteiger partial charge in [0.15, 0.2) is 0 Å². The zero-order valence-electron chi connectivity index (χ0n) is 15.3. The number of para-hydroxylation sites is 1. The van der Waals surface area contributed by atoms with Gasteiger partial charge >= 0.3 is 0 Å². The van der Waals surface area contributed by atoms with Gasteiger partial charge in [-0.05, 0) is 31.9 Å². The van der Waals surface area contributed by atoms with Gasteiger partial charge < -0.3 is 14.4 Å². The second-order valence-corrected chi connectivity index (χ2v) is 8.05. The van der Waals surface area contributed by atoms with Gasteiger partial charge in [-0.2, -0.15) is 0 Å². The van der Waals surface area contributed by atoms with Crippen LogP contribution in [0.5, 0.6) is 0 Å². The minimum absolute atomic E-state index is 0.0475. The Kier molecular flexibility index (Phi) is 4.22. The quantitative estimate of drug-likeness (QED) is 0.810. The van der Waals surface area contributed by atoms with Crippen molar-refractivity contribution in [3.05, 3.63) is 35.0 Å². The molecule has 2 aliphatic heterocycles. The maximum absolute atomic E-state index is 13.1. The van der Waals surface area contributed by atoms with Crippen LogP contribution in [-0.2, 0) is 11.8 Å². The van der Waals surface area contributed by atoms with Crippen LogP contribution in [0.4, 0.5) is 0 Å². The Morgan fingerprint density at radius 2 is 2.00 bits per heavy atom. The molecule has 0 radical (unpaired) electrons. The highest BCUT2D eigenvalue weighted by Crippen LogP contribution is 2.41. The van der Waals surface area contributed by atoms with Gasteiger partial charge in [-0.15, -0.1) is 0 Å². The lowest BCUT2D eigenvalue weighted by Gasteiger charge is -2.38. The van der Waals surface area contributed by atoms with Crippen LogP contribution in [0.2, 0.25) is 5.02 Å². The summed E-state index contributed by atoms with van der Waals surface area (Å²) in [5.41, 5.74) is 1.62. The predicted molar refractivity (Wildman–Crippen MR) is 102 cm³/mol. The van der Waals surface area contributed by atoms with Gasteiger partial charge in [-0.25, -0.2) is 0 Å². The second-order valence-electron chi connectivity index (χ2n) is 7.64. The number of likely N-dealkylation sites (tertiary alicyclic amines) is 2. The molecule has 0 N–H and O–H groups in total. The molecule has 2 aromatic rings. The molecule has 0 unspecified atom stereocenters. The van der Waals surface area contributed by atoms with Crippen LogP contribution in [0, 0.1) is 5.41 Å². The fourth-order valence-corrected chi connectivity index (χ4v) is 4.83. The number of hydrogen-bond donors (Lipinski definition) is 0. The van der Waals surface area contributed by atoms with E-state index in [1.54, 1.807) is 0 Å². The molecule has 2 saturated heterocycles. The molecule has 26 heavy (non-hydrogen) atoms. The van der Waals surface area contributed by atoms with Crippen LogP contribution in [0.1, 0.15) is 36.7 Å². The summed E-state index contributed by atoms with van der Waals surface area (Å²) >= 11 is 6.31. The number of hydrogen-bond acceptors (Lipinski definition) is 2. The Hall–Kier alpha value is -2.01. The lowest BCUT2D eigenvalue weighted by molar-refractivity contribution is -0.127. The standard InChI is InChI=1S/C20H24ClN3O2/c1-3-23-13-20(12-17(23)25)7-9-24(10-8-20)19(26)16-11-14-5-4-6-15(21)18(14)22(16)2/h4-6,11H,3,7-10,12-13H2,1-2H3. The number of halogens is 1.